The predicted molar refractivity (Wildman–Crippen MR) is 63.5 cm³/mol. The fourth-order valence-electron chi connectivity index (χ4n) is 2.24. The average molecular weight is 254 g/mol. The zero-order chi connectivity index (χ0) is 10.2. The van der Waals surface area contributed by atoms with Crippen LogP contribution in [0.4, 0.5) is 0 Å². The second-order valence-corrected chi connectivity index (χ2v) is 5.07. The van der Waals surface area contributed by atoms with Gasteiger partial charge < -0.3 is 5.73 Å². The molecule has 1 saturated carbocycles. The number of hydrogen-bond donors (Lipinski definition) is 1. The highest BCUT2D eigenvalue weighted by Gasteiger charge is 2.38. The van der Waals surface area contributed by atoms with Crippen LogP contribution in [-0.2, 0) is 5.41 Å². The van der Waals surface area contributed by atoms with Gasteiger partial charge in [0.1, 0.15) is 0 Å². The van der Waals surface area contributed by atoms with Crippen molar-refractivity contribution in [3.8, 4) is 0 Å². The van der Waals surface area contributed by atoms with Gasteiger partial charge in [0.25, 0.3) is 0 Å². The van der Waals surface area contributed by atoms with Crippen molar-refractivity contribution in [2.24, 2.45) is 5.73 Å². The Balaban J connectivity index is 2.45. The van der Waals surface area contributed by atoms with Crippen LogP contribution in [0.1, 0.15) is 30.4 Å². The van der Waals surface area contributed by atoms with E-state index in [1.165, 1.54) is 34.9 Å². The molecule has 14 heavy (non-hydrogen) atoms. The summed E-state index contributed by atoms with van der Waals surface area (Å²) in [6.07, 6.45) is 3.80. The first kappa shape index (κ1) is 10.2. The van der Waals surface area contributed by atoms with E-state index in [1.54, 1.807) is 0 Å². The van der Waals surface area contributed by atoms with Gasteiger partial charge in [-0.15, -0.1) is 0 Å². The number of halogens is 1. The number of benzene rings is 1. The zero-order valence-corrected chi connectivity index (χ0v) is 10.1. The summed E-state index contributed by atoms with van der Waals surface area (Å²) >= 11 is 3.68. The van der Waals surface area contributed by atoms with Crippen LogP contribution >= 0.6 is 15.9 Å². The highest BCUT2D eigenvalue weighted by Crippen LogP contribution is 2.45. The van der Waals surface area contributed by atoms with Crippen LogP contribution in [0.25, 0.3) is 0 Å². The highest BCUT2D eigenvalue weighted by molar-refractivity contribution is 9.10. The molecule has 0 bridgehead atoms. The quantitative estimate of drug-likeness (QED) is 0.862. The van der Waals surface area contributed by atoms with Crippen LogP contribution in [0, 0.1) is 6.92 Å². The van der Waals surface area contributed by atoms with Crippen LogP contribution < -0.4 is 5.73 Å². The van der Waals surface area contributed by atoms with Crippen molar-refractivity contribution in [2.75, 3.05) is 6.54 Å². The SMILES string of the molecule is Cc1cccc(C2(CN)CCC2)c1Br. The van der Waals surface area contributed by atoms with Crippen LogP contribution in [0.15, 0.2) is 22.7 Å². The van der Waals surface area contributed by atoms with Gasteiger partial charge in [0.05, 0.1) is 0 Å². The van der Waals surface area contributed by atoms with Gasteiger partial charge in [-0.05, 0) is 30.9 Å². The lowest BCUT2D eigenvalue weighted by molar-refractivity contribution is 0.252. The van der Waals surface area contributed by atoms with Gasteiger partial charge >= 0.3 is 0 Å². The van der Waals surface area contributed by atoms with Crippen molar-refractivity contribution < 1.29 is 0 Å². The summed E-state index contributed by atoms with van der Waals surface area (Å²) in [5.74, 6) is 0. The summed E-state index contributed by atoms with van der Waals surface area (Å²) < 4.78 is 1.25. The molecule has 0 radical (unpaired) electrons. The predicted octanol–water partition coefficient (Wildman–Crippen LogP) is 3.14. The van der Waals surface area contributed by atoms with Crippen LogP contribution in [-0.4, -0.2) is 6.54 Å². The van der Waals surface area contributed by atoms with Crippen LogP contribution in [0.2, 0.25) is 0 Å². The van der Waals surface area contributed by atoms with E-state index in [1.807, 2.05) is 0 Å². The van der Waals surface area contributed by atoms with E-state index >= 15 is 0 Å². The largest absolute Gasteiger partial charge is 0.330 e. The molecule has 0 aromatic heterocycles. The lowest BCUT2D eigenvalue weighted by Crippen LogP contribution is -2.41. The van der Waals surface area contributed by atoms with E-state index in [2.05, 4.69) is 41.1 Å². The molecule has 1 aromatic carbocycles. The molecule has 0 saturated heterocycles. The maximum Gasteiger partial charge on any atom is 0.0242 e. The Morgan fingerprint density at radius 2 is 2.14 bits per heavy atom. The summed E-state index contributed by atoms with van der Waals surface area (Å²) in [5, 5.41) is 0. The van der Waals surface area contributed by atoms with Gasteiger partial charge in [0.15, 0.2) is 0 Å². The van der Waals surface area contributed by atoms with Crippen LogP contribution in [0.5, 0.6) is 0 Å². The van der Waals surface area contributed by atoms with Gasteiger partial charge in [-0.3, -0.25) is 0 Å². The molecule has 0 spiro atoms. The van der Waals surface area contributed by atoms with Gasteiger partial charge in [-0.1, -0.05) is 40.5 Å². The second-order valence-electron chi connectivity index (χ2n) is 4.27. The van der Waals surface area contributed by atoms with Gasteiger partial charge in [0, 0.05) is 16.4 Å². The lowest BCUT2D eigenvalue weighted by atomic mass is 9.64. The fourth-order valence-corrected chi connectivity index (χ4v) is 2.93. The number of aryl methyl sites for hydroxylation is 1. The third-order valence-electron chi connectivity index (χ3n) is 3.46. The van der Waals surface area contributed by atoms with Crippen molar-refractivity contribution in [1.82, 2.24) is 0 Å². The second kappa shape index (κ2) is 3.67. The first-order valence-electron chi connectivity index (χ1n) is 5.15. The maximum atomic E-state index is 5.90. The fraction of sp³-hybridized carbons (Fsp3) is 0.500. The monoisotopic (exact) mass is 253 g/mol. The van der Waals surface area contributed by atoms with E-state index in [4.69, 9.17) is 5.73 Å². The third-order valence-corrected chi connectivity index (χ3v) is 4.52. The molecule has 0 atom stereocenters. The number of rotatable bonds is 2. The Kier molecular flexibility index (Phi) is 2.67. The summed E-state index contributed by atoms with van der Waals surface area (Å²) in [6.45, 7) is 2.91. The maximum absolute atomic E-state index is 5.90. The molecule has 1 aliphatic rings. The van der Waals surface area contributed by atoms with Crippen molar-refractivity contribution >= 4 is 15.9 Å². The highest BCUT2D eigenvalue weighted by atomic mass is 79.9. The first-order valence-corrected chi connectivity index (χ1v) is 5.94. The Morgan fingerprint density at radius 1 is 1.43 bits per heavy atom. The molecule has 2 N–H and O–H groups in total. The van der Waals surface area contributed by atoms with Gasteiger partial charge in [-0.25, -0.2) is 0 Å². The van der Waals surface area contributed by atoms with E-state index in [9.17, 15) is 0 Å². The Morgan fingerprint density at radius 3 is 2.64 bits per heavy atom. The Labute approximate surface area is 93.8 Å². The third kappa shape index (κ3) is 1.41. The topological polar surface area (TPSA) is 26.0 Å². The zero-order valence-electron chi connectivity index (χ0n) is 8.52. The van der Waals surface area contributed by atoms with Crippen molar-refractivity contribution in [3.63, 3.8) is 0 Å². The molecule has 0 amide bonds. The molecule has 1 nitrogen and oxygen atoms in total. The van der Waals surface area contributed by atoms with E-state index < -0.39 is 0 Å². The average Bonchev–Trinajstić information content (AvgIpc) is 2.11. The van der Waals surface area contributed by atoms with Crippen molar-refractivity contribution in [3.05, 3.63) is 33.8 Å². The molecule has 0 aliphatic heterocycles. The Bertz CT molecular complexity index is 337. The molecule has 2 heteroatoms. The van der Waals surface area contributed by atoms with Crippen molar-refractivity contribution in [1.29, 1.82) is 0 Å². The Hall–Kier alpha value is -0.340. The summed E-state index contributed by atoms with van der Waals surface area (Å²) in [5.41, 5.74) is 8.88. The summed E-state index contributed by atoms with van der Waals surface area (Å²) in [7, 11) is 0. The molecular formula is C12H16BrN. The molecule has 1 aliphatic carbocycles. The molecule has 0 unspecified atom stereocenters. The standard InChI is InChI=1S/C12H16BrN/c1-9-4-2-5-10(11(9)13)12(8-14)6-3-7-12/h2,4-5H,3,6-8,14H2,1H3. The molecular weight excluding hydrogens is 238 g/mol. The van der Waals surface area contributed by atoms with Crippen molar-refractivity contribution in [2.45, 2.75) is 31.6 Å². The molecule has 0 heterocycles. The minimum atomic E-state index is 0.269. The van der Waals surface area contributed by atoms with Gasteiger partial charge in [-0.2, -0.15) is 0 Å². The van der Waals surface area contributed by atoms with E-state index in [-0.39, 0.29) is 5.41 Å². The smallest absolute Gasteiger partial charge is 0.0242 e. The normalized spacial score (nSPS) is 19.1. The van der Waals surface area contributed by atoms with E-state index in [0.29, 0.717) is 0 Å². The summed E-state index contributed by atoms with van der Waals surface area (Å²) in [6, 6.07) is 6.48. The van der Waals surface area contributed by atoms with Crippen LogP contribution in [0.3, 0.4) is 0 Å². The van der Waals surface area contributed by atoms with E-state index in [0.717, 1.165) is 6.54 Å². The first-order chi connectivity index (χ1) is 6.69. The van der Waals surface area contributed by atoms with Gasteiger partial charge in [0.2, 0.25) is 0 Å². The minimum Gasteiger partial charge on any atom is -0.330 e. The lowest BCUT2D eigenvalue weighted by Gasteiger charge is -2.42. The number of nitrogens with two attached hydrogens (primary N) is 1. The summed E-state index contributed by atoms with van der Waals surface area (Å²) in [4.78, 5) is 0. The minimum absolute atomic E-state index is 0.269. The molecule has 2 rings (SSSR count). The number of hydrogen-bond acceptors (Lipinski definition) is 1. The molecule has 76 valence electrons. The molecule has 1 fully saturated rings. The molecule has 1 aromatic rings.